The Balaban J connectivity index is 2.05. The molecule has 0 saturated carbocycles. The van der Waals surface area contributed by atoms with Crippen molar-refractivity contribution in [2.45, 2.75) is 156 Å². The normalized spacial score (nSPS) is 37.8. The molecule has 10 nitrogen and oxygen atoms in total. The Bertz CT molecular complexity index is 1590. The third-order valence-corrected chi connectivity index (χ3v) is 12.6. The first-order valence-corrected chi connectivity index (χ1v) is 19.3. The fourth-order valence-electron chi connectivity index (χ4n) is 9.14. The number of aliphatic hydroxyl groups is 2. The third kappa shape index (κ3) is 9.03. The zero-order chi connectivity index (χ0) is 39.6. The first kappa shape index (κ1) is 42.5. The molecule has 2 heterocycles. The Hall–Kier alpha value is -3.21. The minimum atomic E-state index is -1.73. The Morgan fingerprint density at radius 1 is 0.943 bits per heavy atom. The summed E-state index contributed by atoms with van der Waals surface area (Å²) in [6.45, 7) is 15.7. The monoisotopic (exact) mass is 738 g/mol. The van der Waals surface area contributed by atoms with Crippen molar-refractivity contribution in [3.05, 3.63) is 46.1 Å². The van der Waals surface area contributed by atoms with Crippen LogP contribution in [0.25, 0.3) is 0 Å². The maximum Gasteiger partial charge on any atom is 0.313 e. The summed E-state index contributed by atoms with van der Waals surface area (Å²) in [6, 6.07) is 0. The number of carbonyl (C=O) groups is 5. The van der Waals surface area contributed by atoms with Gasteiger partial charge in [0.15, 0.2) is 11.6 Å². The zero-order valence-electron chi connectivity index (χ0n) is 33.5. The van der Waals surface area contributed by atoms with Gasteiger partial charge in [0.1, 0.15) is 17.5 Å². The number of esters is 2. The van der Waals surface area contributed by atoms with E-state index in [-0.39, 0.29) is 49.0 Å². The topological polar surface area (TPSA) is 154 Å². The molecule has 0 spiro atoms. The molecule has 4 rings (SSSR count). The van der Waals surface area contributed by atoms with E-state index < -0.39 is 64.6 Å². The Labute approximate surface area is 315 Å². The van der Waals surface area contributed by atoms with Crippen molar-refractivity contribution in [1.29, 1.82) is 0 Å². The summed E-state index contributed by atoms with van der Waals surface area (Å²) in [5, 5.41) is 23.6. The zero-order valence-corrected chi connectivity index (χ0v) is 33.5. The Morgan fingerprint density at radius 2 is 1.62 bits per heavy atom. The molecule has 0 aromatic rings. The van der Waals surface area contributed by atoms with E-state index in [9.17, 15) is 34.2 Å². The van der Waals surface area contributed by atoms with Gasteiger partial charge in [-0.05, 0) is 104 Å². The summed E-state index contributed by atoms with van der Waals surface area (Å²) in [4.78, 5) is 70.3. The first-order valence-electron chi connectivity index (χ1n) is 19.3. The van der Waals surface area contributed by atoms with Gasteiger partial charge in [-0.1, -0.05) is 48.3 Å². The first-order chi connectivity index (χ1) is 24.6. The van der Waals surface area contributed by atoms with Crippen LogP contribution >= 0.6 is 0 Å². The van der Waals surface area contributed by atoms with Gasteiger partial charge in [0, 0.05) is 43.9 Å². The van der Waals surface area contributed by atoms with Crippen molar-refractivity contribution in [3.63, 3.8) is 0 Å². The van der Waals surface area contributed by atoms with Crippen molar-refractivity contribution < 1.29 is 48.4 Å². The van der Waals surface area contributed by atoms with Crippen LogP contribution in [-0.2, 0) is 38.2 Å². The van der Waals surface area contributed by atoms with Crippen LogP contribution in [0.1, 0.15) is 127 Å². The second-order valence-electron chi connectivity index (χ2n) is 17.1. The number of ether oxygens (including phenoxy) is 3. The van der Waals surface area contributed by atoms with E-state index in [1.54, 1.807) is 26.8 Å². The number of carbonyl (C=O) groups excluding carboxylic acids is 5. The molecule has 0 aromatic carbocycles. The van der Waals surface area contributed by atoms with Gasteiger partial charge >= 0.3 is 11.9 Å². The van der Waals surface area contributed by atoms with Crippen LogP contribution in [0.4, 0.5) is 0 Å². The molecule has 2 aliphatic heterocycles. The van der Waals surface area contributed by atoms with Crippen molar-refractivity contribution in [2.24, 2.45) is 29.1 Å². The molecule has 2 bridgehead atoms. The predicted octanol–water partition coefficient (Wildman–Crippen LogP) is 6.66. The molecule has 10 heteroatoms. The SMILES string of the molecule is COC(=O)[C@]12CC(=O)[C@H](C(C)C)CC(=O)C(C)=CCCC(C)=CC(=O)[C@H]1CC(C)=C1C[C@H](OC(C)=O)[C@](C)(O)[C@H]3CC[C@@](C)(O)[C@H](CC/C(C)=C\[C@@H]12)O3. The molecule has 0 radical (unpaired) electrons. The number of rotatable bonds is 3. The number of methoxy groups -OCH3 is 1. The highest BCUT2D eigenvalue weighted by atomic mass is 16.6. The van der Waals surface area contributed by atoms with Gasteiger partial charge in [0.2, 0.25) is 0 Å². The molecular weight excluding hydrogens is 676 g/mol. The highest BCUT2D eigenvalue weighted by molar-refractivity contribution is 6.02. The molecular formula is C43H62O10. The summed E-state index contributed by atoms with van der Waals surface area (Å²) in [5.41, 5.74) is -0.945. The minimum absolute atomic E-state index is 0.00736. The van der Waals surface area contributed by atoms with Crippen molar-refractivity contribution in [3.8, 4) is 0 Å². The molecule has 2 N–H and O–H groups in total. The minimum Gasteiger partial charge on any atom is -0.469 e. The van der Waals surface area contributed by atoms with Crippen LogP contribution in [-0.4, -0.2) is 76.1 Å². The van der Waals surface area contributed by atoms with Crippen LogP contribution in [0.15, 0.2) is 46.1 Å². The van der Waals surface area contributed by atoms with E-state index >= 15 is 0 Å². The van der Waals surface area contributed by atoms with Gasteiger partial charge < -0.3 is 24.4 Å². The summed E-state index contributed by atoms with van der Waals surface area (Å²) < 4.78 is 17.9. The Morgan fingerprint density at radius 3 is 2.25 bits per heavy atom. The summed E-state index contributed by atoms with van der Waals surface area (Å²) in [7, 11) is 1.26. The summed E-state index contributed by atoms with van der Waals surface area (Å²) in [5.74, 6) is -4.86. The van der Waals surface area contributed by atoms with Crippen molar-refractivity contribution >= 4 is 29.3 Å². The van der Waals surface area contributed by atoms with E-state index in [0.29, 0.717) is 49.7 Å². The quantitative estimate of drug-likeness (QED) is 0.238. The molecule has 9 atom stereocenters. The molecule has 2 aliphatic carbocycles. The lowest BCUT2D eigenvalue weighted by Crippen LogP contribution is -2.59. The van der Waals surface area contributed by atoms with Crippen LogP contribution in [0.5, 0.6) is 0 Å². The second kappa shape index (κ2) is 16.7. The highest BCUT2D eigenvalue weighted by Crippen LogP contribution is 2.56. The lowest BCUT2D eigenvalue weighted by atomic mass is 9.53. The van der Waals surface area contributed by atoms with Crippen LogP contribution < -0.4 is 0 Å². The standard InChI is InChI=1S/C43H62O10/c1-24(2)30-21-34(45)27(5)13-11-12-25(3)19-35(46)33-20-28(6)31-22-39(52-29(7)44)42(9,50)38-16-17-41(8,49)37(53-38)15-14-26(4)18-32(31)43(33,23-36(30)47)40(48)51-10/h13,18-19,24,30,32-33,37-39,49-50H,11-12,14-17,20-23H2,1-10H3/b25-19?,26-18-,27-13?/t30-,32-,33+,37-,38+,39-,41+,42+,43-/m0/s1. The lowest BCUT2D eigenvalue weighted by Gasteiger charge is -2.50. The highest BCUT2D eigenvalue weighted by Gasteiger charge is 2.60. The van der Waals surface area contributed by atoms with Gasteiger partial charge in [-0.3, -0.25) is 24.0 Å². The van der Waals surface area contributed by atoms with Gasteiger partial charge in [0.25, 0.3) is 0 Å². The molecule has 4 aliphatic rings. The summed E-state index contributed by atoms with van der Waals surface area (Å²) in [6.07, 6.45) is 5.18. The van der Waals surface area contributed by atoms with Gasteiger partial charge in [-0.15, -0.1) is 0 Å². The third-order valence-electron chi connectivity index (χ3n) is 12.6. The van der Waals surface area contributed by atoms with Crippen molar-refractivity contribution in [1.82, 2.24) is 0 Å². The molecule has 0 unspecified atom stereocenters. The number of fused-ring (bicyclic) bond motifs is 5. The van der Waals surface area contributed by atoms with Crippen LogP contribution in [0.3, 0.4) is 0 Å². The van der Waals surface area contributed by atoms with Gasteiger partial charge in [-0.2, -0.15) is 0 Å². The number of ketones is 3. The van der Waals surface area contributed by atoms with Gasteiger partial charge in [-0.25, -0.2) is 0 Å². The average molecular weight is 739 g/mol. The van der Waals surface area contributed by atoms with E-state index in [4.69, 9.17) is 14.2 Å². The predicted molar refractivity (Wildman–Crippen MR) is 200 cm³/mol. The molecule has 294 valence electrons. The average Bonchev–Trinajstić information content (AvgIpc) is 3.06. The number of allylic oxidation sites excluding steroid dienone is 7. The number of Topliss-reactive ketones (excluding diaryl/α,β-unsaturated/α-hetero) is 2. The molecule has 0 aromatic heterocycles. The van der Waals surface area contributed by atoms with E-state index in [0.717, 1.165) is 16.7 Å². The second-order valence-corrected chi connectivity index (χ2v) is 17.1. The smallest absolute Gasteiger partial charge is 0.313 e. The van der Waals surface area contributed by atoms with E-state index in [1.165, 1.54) is 14.0 Å². The molecule has 1 saturated heterocycles. The molecule has 1 fully saturated rings. The Kier molecular flexibility index (Phi) is 13.4. The van der Waals surface area contributed by atoms with Crippen LogP contribution in [0.2, 0.25) is 0 Å². The lowest BCUT2D eigenvalue weighted by molar-refractivity contribution is -0.239. The number of hydrogen-bond acceptors (Lipinski definition) is 10. The van der Waals surface area contributed by atoms with Gasteiger partial charge in [0.05, 0.1) is 30.3 Å². The molecule has 53 heavy (non-hydrogen) atoms. The maximum absolute atomic E-state index is 14.8. The van der Waals surface area contributed by atoms with Crippen molar-refractivity contribution in [2.75, 3.05) is 7.11 Å². The fraction of sp³-hybridized carbons (Fsp3) is 0.698. The summed E-state index contributed by atoms with van der Waals surface area (Å²) >= 11 is 0. The number of hydrogen-bond donors (Lipinski definition) is 2. The van der Waals surface area contributed by atoms with E-state index in [1.807, 2.05) is 46.8 Å². The molecule has 0 amide bonds. The fourth-order valence-corrected chi connectivity index (χ4v) is 9.14. The maximum atomic E-state index is 14.8. The largest absolute Gasteiger partial charge is 0.469 e. The van der Waals surface area contributed by atoms with Crippen LogP contribution in [0, 0.1) is 29.1 Å². The van der Waals surface area contributed by atoms with E-state index in [2.05, 4.69) is 0 Å².